The van der Waals surface area contributed by atoms with E-state index in [9.17, 15) is 13.2 Å². The molecule has 0 aliphatic heterocycles. The van der Waals surface area contributed by atoms with Crippen molar-refractivity contribution in [2.45, 2.75) is 46.3 Å². The van der Waals surface area contributed by atoms with Crippen LogP contribution in [0.5, 0.6) is 0 Å². The van der Waals surface area contributed by atoms with E-state index in [1.54, 1.807) is 26.8 Å². The minimum atomic E-state index is -3.43. The summed E-state index contributed by atoms with van der Waals surface area (Å²) in [4.78, 5) is 12.2. The van der Waals surface area contributed by atoms with Gasteiger partial charge in [0.2, 0.25) is 0 Å². The van der Waals surface area contributed by atoms with Crippen molar-refractivity contribution in [1.82, 2.24) is 0 Å². The molecule has 1 aromatic carbocycles. The highest BCUT2D eigenvalue weighted by Crippen LogP contribution is 2.20. The van der Waals surface area contributed by atoms with E-state index in [0.29, 0.717) is 5.56 Å². The van der Waals surface area contributed by atoms with Gasteiger partial charge in [0, 0.05) is 5.56 Å². The zero-order valence-electron chi connectivity index (χ0n) is 12.5. The lowest BCUT2D eigenvalue weighted by Crippen LogP contribution is -2.33. The molecule has 0 N–H and O–H groups in total. The fraction of sp³-hybridized carbons (Fsp3) is 0.533. The van der Waals surface area contributed by atoms with Gasteiger partial charge in [0.05, 0.1) is 4.75 Å². The van der Waals surface area contributed by atoms with Crippen molar-refractivity contribution in [3.05, 3.63) is 34.4 Å². The number of rotatable bonds is 3. The predicted molar refractivity (Wildman–Crippen MR) is 78.5 cm³/mol. The van der Waals surface area contributed by atoms with Crippen molar-refractivity contribution in [1.29, 1.82) is 0 Å². The molecule has 0 unspecified atom stereocenters. The van der Waals surface area contributed by atoms with Crippen LogP contribution in [0.25, 0.3) is 0 Å². The Morgan fingerprint density at radius 2 is 1.47 bits per heavy atom. The van der Waals surface area contributed by atoms with Gasteiger partial charge < -0.3 is 0 Å². The molecule has 0 aromatic heterocycles. The van der Waals surface area contributed by atoms with E-state index in [4.69, 9.17) is 0 Å². The number of aryl methyl sites for hydroxylation is 3. The Balaban J connectivity index is 3.14. The highest BCUT2D eigenvalue weighted by molar-refractivity contribution is 7.93. The average molecular weight is 282 g/mol. The highest BCUT2D eigenvalue weighted by Gasteiger charge is 2.31. The van der Waals surface area contributed by atoms with Gasteiger partial charge in [0.15, 0.2) is 15.6 Å². The van der Waals surface area contributed by atoms with Crippen LogP contribution in [0.15, 0.2) is 12.1 Å². The molecule has 0 saturated heterocycles. The molecule has 0 bridgehead atoms. The van der Waals surface area contributed by atoms with Crippen LogP contribution in [0.4, 0.5) is 0 Å². The van der Waals surface area contributed by atoms with Crippen LogP contribution >= 0.6 is 0 Å². The molecule has 0 aliphatic carbocycles. The van der Waals surface area contributed by atoms with Gasteiger partial charge in [-0.15, -0.1) is 0 Å². The van der Waals surface area contributed by atoms with E-state index in [1.165, 1.54) is 0 Å². The zero-order chi connectivity index (χ0) is 15.0. The third kappa shape index (κ3) is 3.44. The summed E-state index contributed by atoms with van der Waals surface area (Å²) in [6.07, 6.45) is 0. The van der Waals surface area contributed by atoms with Gasteiger partial charge in [0.25, 0.3) is 0 Å². The van der Waals surface area contributed by atoms with Gasteiger partial charge in [-0.05, 0) is 64.3 Å². The smallest absolute Gasteiger partial charge is 0.178 e. The number of carbonyl (C=O) groups excluding carboxylic acids is 1. The maximum Gasteiger partial charge on any atom is 0.178 e. The number of Topliss-reactive ketones (excluding diaryl/α,β-unsaturated/α-hetero) is 1. The number of sulfone groups is 1. The number of ketones is 1. The molecule has 19 heavy (non-hydrogen) atoms. The van der Waals surface area contributed by atoms with Crippen molar-refractivity contribution in [2.24, 2.45) is 0 Å². The van der Waals surface area contributed by atoms with E-state index in [-0.39, 0.29) is 5.78 Å². The molecule has 0 spiro atoms. The van der Waals surface area contributed by atoms with Gasteiger partial charge in [-0.1, -0.05) is 6.07 Å². The van der Waals surface area contributed by atoms with E-state index in [0.717, 1.165) is 16.7 Å². The summed E-state index contributed by atoms with van der Waals surface area (Å²) < 4.78 is 23.2. The summed E-state index contributed by atoms with van der Waals surface area (Å²) in [7, 11) is -3.43. The highest BCUT2D eigenvalue weighted by atomic mass is 32.2. The Bertz CT molecular complexity index is 605. The summed E-state index contributed by atoms with van der Waals surface area (Å²) in [5, 5.41) is 0. The fourth-order valence-electron chi connectivity index (χ4n) is 1.73. The summed E-state index contributed by atoms with van der Waals surface area (Å²) in [6.45, 7) is 10.6. The molecular formula is C15H22O3S. The van der Waals surface area contributed by atoms with Gasteiger partial charge >= 0.3 is 0 Å². The SMILES string of the molecule is Cc1cc(C)c(C(=O)CS(=O)(=O)C(C)(C)C)cc1C. The largest absolute Gasteiger partial charge is 0.293 e. The lowest BCUT2D eigenvalue weighted by atomic mass is 9.99. The summed E-state index contributed by atoms with van der Waals surface area (Å²) >= 11 is 0. The number of hydrogen-bond donors (Lipinski definition) is 0. The van der Waals surface area contributed by atoms with Gasteiger partial charge in [-0.3, -0.25) is 4.79 Å². The Labute approximate surface area is 116 Å². The lowest BCUT2D eigenvalue weighted by Gasteiger charge is -2.19. The zero-order valence-corrected chi connectivity index (χ0v) is 13.3. The molecule has 0 fully saturated rings. The molecule has 4 heteroatoms. The molecule has 0 heterocycles. The van der Waals surface area contributed by atoms with Gasteiger partial charge in [-0.25, -0.2) is 8.42 Å². The number of carbonyl (C=O) groups is 1. The van der Waals surface area contributed by atoms with Crippen LogP contribution in [0.2, 0.25) is 0 Å². The standard InChI is InChI=1S/C15H22O3S/c1-10-7-12(3)13(8-11(10)2)14(16)9-19(17,18)15(4,5)6/h7-8H,9H2,1-6H3. The molecule has 0 amide bonds. The van der Waals surface area contributed by atoms with Crippen molar-refractivity contribution in [3.8, 4) is 0 Å². The molecule has 3 nitrogen and oxygen atoms in total. The Morgan fingerprint density at radius 1 is 1.00 bits per heavy atom. The number of hydrogen-bond acceptors (Lipinski definition) is 3. The van der Waals surface area contributed by atoms with E-state index >= 15 is 0 Å². The molecular weight excluding hydrogens is 260 g/mol. The molecule has 1 aromatic rings. The van der Waals surface area contributed by atoms with Crippen molar-refractivity contribution >= 4 is 15.6 Å². The first-order valence-electron chi connectivity index (χ1n) is 6.29. The summed E-state index contributed by atoms with van der Waals surface area (Å²) in [5.74, 6) is -0.754. The first-order valence-corrected chi connectivity index (χ1v) is 7.94. The normalized spacial score (nSPS) is 12.5. The van der Waals surface area contributed by atoms with Crippen LogP contribution in [-0.2, 0) is 9.84 Å². The first kappa shape index (κ1) is 15.9. The molecule has 0 radical (unpaired) electrons. The van der Waals surface area contributed by atoms with Crippen LogP contribution in [0, 0.1) is 20.8 Å². The second-order valence-corrected chi connectivity index (χ2v) is 8.79. The topological polar surface area (TPSA) is 51.2 Å². The molecule has 0 atom stereocenters. The van der Waals surface area contributed by atoms with E-state index < -0.39 is 20.3 Å². The predicted octanol–water partition coefficient (Wildman–Crippen LogP) is 3.01. The fourth-order valence-corrected chi connectivity index (χ4v) is 2.66. The van der Waals surface area contributed by atoms with Gasteiger partial charge in [-0.2, -0.15) is 0 Å². The quantitative estimate of drug-likeness (QED) is 0.801. The second kappa shape index (κ2) is 5.08. The Hall–Kier alpha value is -1.16. The van der Waals surface area contributed by atoms with E-state index in [1.807, 2.05) is 26.8 Å². The van der Waals surface area contributed by atoms with E-state index in [2.05, 4.69) is 0 Å². The maximum atomic E-state index is 12.2. The van der Waals surface area contributed by atoms with Crippen LogP contribution in [0.3, 0.4) is 0 Å². The summed E-state index contributed by atoms with van der Waals surface area (Å²) in [6, 6.07) is 3.71. The maximum absolute atomic E-state index is 12.2. The monoisotopic (exact) mass is 282 g/mol. The Morgan fingerprint density at radius 3 is 1.95 bits per heavy atom. The van der Waals surface area contributed by atoms with Crippen molar-refractivity contribution in [3.63, 3.8) is 0 Å². The lowest BCUT2D eigenvalue weighted by molar-refractivity contribution is 0.101. The van der Waals surface area contributed by atoms with Crippen LogP contribution < -0.4 is 0 Å². The Kier molecular flexibility index (Phi) is 4.25. The third-order valence-electron chi connectivity index (χ3n) is 3.40. The first-order chi connectivity index (χ1) is 8.45. The minimum absolute atomic E-state index is 0.324. The second-order valence-electron chi connectivity index (χ2n) is 6.05. The molecule has 0 saturated carbocycles. The average Bonchev–Trinajstić information content (AvgIpc) is 2.20. The number of benzene rings is 1. The molecule has 106 valence electrons. The minimum Gasteiger partial charge on any atom is -0.293 e. The third-order valence-corrected chi connectivity index (χ3v) is 5.90. The molecule has 1 rings (SSSR count). The van der Waals surface area contributed by atoms with Crippen LogP contribution in [-0.4, -0.2) is 24.7 Å². The summed E-state index contributed by atoms with van der Waals surface area (Å²) in [5.41, 5.74) is 3.45. The molecule has 0 aliphatic rings. The van der Waals surface area contributed by atoms with Crippen molar-refractivity contribution in [2.75, 3.05) is 5.75 Å². The van der Waals surface area contributed by atoms with Gasteiger partial charge in [0.1, 0.15) is 5.75 Å². The van der Waals surface area contributed by atoms with Crippen LogP contribution in [0.1, 0.15) is 47.8 Å². The van der Waals surface area contributed by atoms with Crippen molar-refractivity contribution < 1.29 is 13.2 Å².